The van der Waals surface area contributed by atoms with Gasteiger partial charge < -0.3 is 15.4 Å². The second kappa shape index (κ2) is 5.78. The van der Waals surface area contributed by atoms with Gasteiger partial charge in [0.25, 0.3) is 0 Å². The average Bonchev–Trinajstić information content (AvgIpc) is 3.01. The second-order valence-electron chi connectivity index (χ2n) is 5.66. The van der Waals surface area contributed by atoms with Crippen LogP contribution in [0.25, 0.3) is 0 Å². The van der Waals surface area contributed by atoms with E-state index < -0.39 is 0 Å². The van der Waals surface area contributed by atoms with Gasteiger partial charge in [0.2, 0.25) is 5.91 Å². The van der Waals surface area contributed by atoms with Crippen molar-refractivity contribution in [3.8, 4) is 0 Å². The number of hydrogen-bond acceptors (Lipinski definition) is 3. The zero-order valence-electron chi connectivity index (χ0n) is 11.3. The minimum atomic E-state index is -0.0359. The van der Waals surface area contributed by atoms with Crippen molar-refractivity contribution in [1.29, 1.82) is 0 Å². The third-order valence-corrected chi connectivity index (χ3v) is 4.15. The first-order chi connectivity index (χ1) is 9.31. The Labute approximate surface area is 114 Å². The molecule has 1 amide bonds. The highest BCUT2D eigenvalue weighted by Crippen LogP contribution is 2.25. The number of carbonyl (C=O) groups is 1. The molecule has 1 aliphatic carbocycles. The van der Waals surface area contributed by atoms with Crippen molar-refractivity contribution in [1.82, 2.24) is 10.6 Å². The largest absolute Gasteiger partial charge is 0.488 e. The Hall–Kier alpha value is -1.29. The molecule has 0 aromatic heterocycles. The van der Waals surface area contributed by atoms with E-state index in [1.54, 1.807) is 6.08 Å². The summed E-state index contributed by atoms with van der Waals surface area (Å²) in [6.07, 6.45) is 11.5. The van der Waals surface area contributed by atoms with E-state index in [4.69, 9.17) is 4.74 Å². The predicted octanol–water partition coefficient (Wildman–Crippen LogP) is 1.64. The summed E-state index contributed by atoms with van der Waals surface area (Å²) in [7, 11) is 0. The van der Waals surface area contributed by atoms with Crippen LogP contribution < -0.4 is 10.6 Å². The lowest BCUT2D eigenvalue weighted by Gasteiger charge is -2.21. The van der Waals surface area contributed by atoms with Crippen molar-refractivity contribution in [3.63, 3.8) is 0 Å². The number of carbonyl (C=O) groups excluding carboxylic acids is 1. The number of hydrogen-bond donors (Lipinski definition) is 2. The maximum Gasteiger partial charge on any atom is 0.247 e. The van der Waals surface area contributed by atoms with E-state index in [0.717, 1.165) is 18.7 Å². The summed E-state index contributed by atoms with van der Waals surface area (Å²) in [5, 5.41) is 6.30. The van der Waals surface area contributed by atoms with Gasteiger partial charge >= 0.3 is 0 Å². The van der Waals surface area contributed by atoms with E-state index in [1.807, 2.05) is 0 Å². The van der Waals surface area contributed by atoms with Crippen molar-refractivity contribution < 1.29 is 9.53 Å². The van der Waals surface area contributed by atoms with Gasteiger partial charge in [-0.25, -0.2) is 0 Å². The Balaban J connectivity index is 1.69. The normalized spacial score (nSPS) is 31.5. The SMILES string of the molecule is O=C1C=C(OC2CCCCCCC3C=C2CN3)CN1. The minimum absolute atomic E-state index is 0.0359. The van der Waals surface area contributed by atoms with E-state index in [9.17, 15) is 4.79 Å². The summed E-state index contributed by atoms with van der Waals surface area (Å²) in [6, 6.07) is 0.525. The van der Waals surface area contributed by atoms with Crippen LogP contribution in [0.4, 0.5) is 0 Å². The lowest BCUT2D eigenvalue weighted by molar-refractivity contribution is -0.115. The molecular weight excluding hydrogens is 240 g/mol. The Kier molecular flexibility index (Phi) is 3.87. The first kappa shape index (κ1) is 12.7. The Bertz CT molecular complexity index is 414. The van der Waals surface area contributed by atoms with Crippen LogP contribution in [0.15, 0.2) is 23.5 Å². The van der Waals surface area contributed by atoms with Crippen molar-refractivity contribution in [2.75, 3.05) is 13.1 Å². The Morgan fingerprint density at radius 1 is 1.11 bits per heavy atom. The van der Waals surface area contributed by atoms with Gasteiger partial charge in [-0.3, -0.25) is 4.79 Å². The molecule has 2 heterocycles. The molecule has 4 heteroatoms. The lowest BCUT2D eigenvalue weighted by atomic mass is 9.98. The summed E-state index contributed by atoms with van der Waals surface area (Å²) in [5.41, 5.74) is 1.37. The molecule has 2 N–H and O–H groups in total. The molecule has 0 spiro atoms. The molecule has 3 aliphatic rings. The fourth-order valence-corrected chi connectivity index (χ4v) is 3.08. The third-order valence-electron chi connectivity index (χ3n) is 4.15. The Morgan fingerprint density at radius 3 is 2.74 bits per heavy atom. The van der Waals surface area contributed by atoms with Gasteiger partial charge in [0.05, 0.1) is 6.54 Å². The molecule has 2 unspecified atom stereocenters. The van der Waals surface area contributed by atoms with Crippen molar-refractivity contribution in [3.05, 3.63) is 23.5 Å². The second-order valence-corrected chi connectivity index (χ2v) is 5.66. The molecule has 0 saturated heterocycles. The first-order valence-corrected chi connectivity index (χ1v) is 7.40. The summed E-state index contributed by atoms with van der Waals surface area (Å²) < 4.78 is 6.05. The quantitative estimate of drug-likeness (QED) is 0.744. The van der Waals surface area contributed by atoms with Gasteiger partial charge in [0, 0.05) is 18.7 Å². The van der Waals surface area contributed by atoms with Crippen LogP contribution in [0.3, 0.4) is 0 Å². The van der Waals surface area contributed by atoms with Gasteiger partial charge in [-0.2, -0.15) is 0 Å². The molecule has 0 radical (unpaired) electrons. The molecular formula is C15H22N2O2. The first-order valence-electron chi connectivity index (χ1n) is 7.40. The maximum absolute atomic E-state index is 11.2. The highest BCUT2D eigenvalue weighted by molar-refractivity contribution is 5.90. The monoisotopic (exact) mass is 262 g/mol. The minimum Gasteiger partial charge on any atom is -0.488 e. The number of fused-ring (bicyclic) bond motifs is 1. The summed E-state index contributed by atoms with van der Waals surface area (Å²) >= 11 is 0. The van der Waals surface area contributed by atoms with Gasteiger partial charge in [0.1, 0.15) is 11.9 Å². The zero-order chi connectivity index (χ0) is 13.1. The summed E-state index contributed by atoms with van der Waals surface area (Å²) in [6.45, 7) is 1.48. The molecule has 2 atom stereocenters. The standard InChI is InChI=1S/C15H22N2O2/c18-15-8-13(10-17-15)19-14-6-4-2-1-3-5-12-7-11(14)9-16-12/h7-8,12,14,16H,1-6,9-10H2,(H,17,18). The number of rotatable bonds is 2. The van der Waals surface area contributed by atoms with E-state index in [-0.39, 0.29) is 12.0 Å². The average molecular weight is 262 g/mol. The van der Waals surface area contributed by atoms with Crippen LogP contribution >= 0.6 is 0 Å². The van der Waals surface area contributed by atoms with Gasteiger partial charge in [0.15, 0.2) is 0 Å². The lowest BCUT2D eigenvalue weighted by Crippen LogP contribution is -2.24. The molecule has 19 heavy (non-hydrogen) atoms. The molecule has 0 aromatic rings. The molecule has 2 aliphatic heterocycles. The van der Waals surface area contributed by atoms with Gasteiger partial charge in [-0.1, -0.05) is 25.3 Å². The van der Waals surface area contributed by atoms with Crippen molar-refractivity contribution in [2.45, 2.75) is 50.7 Å². The van der Waals surface area contributed by atoms with E-state index in [0.29, 0.717) is 12.6 Å². The van der Waals surface area contributed by atoms with Crippen molar-refractivity contribution >= 4 is 5.91 Å². The van der Waals surface area contributed by atoms with E-state index in [2.05, 4.69) is 16.7 Å². The van der Waals surface area contributed by atoms with Crippen LogP contribution in [-0.2, 0) is 9.53 Å². The molecule has 3 rings (SSSR count). The van der Waals surface area contributed by atoms with E-state index >= 15 is 0 Å². The van der Waals surface area contributed by atoms with E-state index in [1.165, 1.54) is 37.7 Å². The molecule has 0 saturated carbocycles. The van der Waals surface area contributed by atoms with Crippen LogP contribution in [0.1, 0.15) is 38.5 Å². The molecule has 0 aromatic carbocycles. The topological polar surface area (TPSA) is 50.4 Å². The third kappa shape index (κ3) is 3.18. The molecule has 0 fully saturated rings. The van der Waals surface area contributed by atoms with Crippen LogP contribution in [-0.4, -0.2) is 31.1 Å². The molecule has 2 bridgehead atoms. The van der Waals surface area contributed by atoms with Crippen molar-refractivity contribution in [2.24, 2.45) is 0 Å². The number of ether oxygens (including phenoxy) is 1. The maximum atomic E-state index is 11.2. The molecule has 4 nitrogen and oxygen atoms in total. The van der Waals surface area contributed by atoms with Gasteiger partial charge in [-0.15, -0.1) is 0 Å². The number of nitrogens with one attached hydrogen (secondary N) is 2. The van der Waals surface area contributed by atoms with Gasteiger partial charge in [-0.05, 0) is 24.8 Å². The smallest absolute Gasteiger partial charge is 0.247 e. The fraction of sp³-hybridized carbons (Fsp3) is 0.667. The highest BCUT2D eigenvalue weighted by atomic mass is 16.5. The number of amides is 1. The molecule has 104 valence electrons. The predicted molar refractivity (Wildman–Crippen MR) is 73.5 cm³/mol. The Morgan fingerprint density at radius 2 is 1.95 bits per heavy atom. The zero-order valence-corrected chi connectivity index (χ0v) is 11.3. The van der Waals surface area contributed by atoms with Crippen LogP contribution in [0.2, 0.25) is 0 Å². The summed E-state index contributed by atoms with van der Waals surface area (Å²) in [4.78, 5) is 11.2. The highest BCUT2D eigenvalue weighted by Gasteiger charge is 2.25. The summed E-state index contributed by atoms with van der Waals surface area (Å²) in [5.74, 6) is 0.752. The van der Waals surface area contributed by atoms with Crippen LogP contribution in [0, 0.1) is 0 Å². The van der Waals surface area contributed by atoms with Crippen LogP contribution in [0.5, 0.6) is 0 Å². The fourth-order valence-electron chi connectivity index (χ4n) is 3.08.